The summed E-state index contributed by atoms with van der Waals surface area (Å²) >= 11 is 5.72. The second-order valence-electron chi connectivity index (χ2n) is 3.78. The standard InChI is InChI=1S/C11H15ClN2O/c1-9-8-15-5-4-14(9)11-3-2-10(6-12)7-13-11/h2-3,7,9H,4-6,8H2,1H3. The monoisotopic (exact) mass is 226 g/mol. The first kappa shape index (κ1) is 10.7. The van der Waals surface area contributed by atoms with E-state index >= 15 is 0 Å². The van der Waals surface area contributed by atoms with Gasteiger partial charge in [0.05, 0.1) is 19.3 Å². The van der Waals surface area contributed by atoms with E-state index in [0.717, 1.165) is 31.1 Å². The van der Waals surface area contributed by atoms with Crippen molar-refractivity contribution in [2.45, 2.75) is 18.8 Å². The molecule has 1 saturated heterocycles. The minimum Gasteiger partial charge on any atom is -0.377 e. The molecule has 0 radical (unpaired) electrons. The van der Waals surface area contributed by atoms with Gasteiger partial charge in [0.15, 0.2) is 0 Å². The summed E-state index contributed by atoms with van der Waals surface area (Å²) in [6.07, 6.45) is 1.84. The lowest BCUT2D eigenvalue weighted by atomic mass is 10.2. The third-order valence-corrected chi connectivity index (χ3v) is 2.93. The maximum absolute atomic E-state index is 5.72. The second kappa shape index (κ2) is 4.81. The topological polar surface area (TPSA) is 25.4 Å². The van der Waals surface area contributed by atoms with Crippen molar-refractivity contribution in [2.75, 3.05) is 24.7 Å². The molecule has 4 heteroatoms. The molecule has 1 atom stereocenters. The van der Waals surface area contributed by atoms with Gasteiger partial charge in [0, 0.05) is 18.6 Å². The molecule has 1 aromatic rings. The number of hydrogen-bond acceptors (Lipinski definition) is 3. The van der Waals surface area contributed by atoms with Crippen LogP contribution in [0.3, 0.4) is 0 Å². The molecule has 0 aliphatic carbocycles. The number of nitrogens with zero attached hydrogens (tertiary/aromatic N) is 2. The molecule has 0 N–H and O–H groups in total. The fourth-order valence-electron chi connectivity index (χ4n) is 1.73. The Hall–Kier alpha value is -0.800. The lowest BCUT2D eigenvalue weighted by molar-refractivity contribution is 0.0985. The highest BCUT2D eigenvalue weighted by Crippen LogP contribution is 2.17. The third kappa shape index (κ3) is 2.41. The highest BCUT2D eigenvalue weighted by atomic mass is 35.5. The Balaban J connectivity index is 2.13. The fraction of sp³-hybridized carbons (Fsp3) is 0.545. The number of aromatic nitrogens is 1. The predicted molar refractivity (Wildman–Crippen MR) is 61.4 cm³/mol. The van der Waals surface area contributed by atoms with Crippen LogP contribution in [0.4, 0.5) is 5.82 Å². The molecule has 0 spiro atoms. The van der Waals surface area contributed by atoms with Gasteiger partial charge in [-0.05, 0) is 18.6 Å². The van der Waals surface area contributed by atoms with Crippen molar-refractivity contribution in [3.63, 3.8) is 0 Å². The van der Waals surface area contributed by atoms with E-state index in [1.807, 2.05) is 18.3 Å². The molecule has 0 aromatic carbocycles. The number of anilines is 1. The van der Waals surface area contributed by atoms with Gasteiger partial charge in [0.2, 0.25) is 0 Å². The van der Waals surface area contributed by atoms with Crippen LogP contribution in [0.25, 0.3) is 0 Å². The normalized spacial score (nSPS) is 21.7. The van der Waals surface area contributed by atoms with Crippen LogP contribution < -0.4 is 4.90 Å². The van der Waals surface area contributed by atoms with Crippen molar-refractivity contribution >= 4 is 17.4 Å². The van der Waals surface area contributed by atoms with Gasteiger partial charge < -0.3 is 9.64 Å². The Kier molecular flexibility index (Phi) is 3.44. The Bertz CT molecular complexity index is 315. The van der Waals surface area contributed by atoms with Crippen molar-refractivity contribution in [1.29, 1.82) is 0 Å². The molecular formula is C11H15ClN2O. The summed E-state index contributed by atoms with van der Waals surface area (Å²) in [6, 6.07) is 4.45. The Morgan fingerprint density at radius 3 is 3.07 bits per heavy atom. The zero-order chi connectivity index (χ0) is 10.7. The highest BCUT2D eigenvalue weighted by Gasteiger charge is 2.19. The van der Waals surface area contributed by atoms with Crippen LogP contribution >= 0.6 is 11.6 Å². The summed E-state index contributed by atoms with van der Waals surface area (Å²) in [5.41, 5.74) is 1.06. The third-order valence-electron chi connectivity index (χ3n) is 2.63. The van der Waals surface area contributed by atoms with E-state index in [0.29, 0.717) is 11.9 Å². The summed E-state index contributed by atoms with van der Waals surface area (Å²) < 4.78 is 5.39. The van der Waals surface area contributed by atoms with Gasteiger partial charge in [-0.15, -0.1) is 11.6 Å². The van der Waals surface area contributed by atoms with Gasteiger partial charge in [0.1, 0.15) is 5.82 Å². The number of alkyl halides is 1. The first-order valence-corrected chi connectivity index (χ1v) is 5.70. The largest absolute Gasteiger partial charge is 0.377 e. The number of rotatable bonds is 2. The molecule has 0 amide bonds. The summed E-state index contributed by atoms with van der Waals surface area (Å²) in [6.45, 7) is 4.62. The van der Waals surface area contributed by atoms with Crippen LogP contribution in [-0.2, 0) is 10.6 Å². The zero-order valence-corrected chi connectivity index (χ0v) is 9.57. The number of hydrogen-bond donors (Lipinski definition) is 0. The molecule has 1 aliphatic heterocycles. The van der Waals surface area contributed by atoms with Gasteiger partial charge in [-0.2, -0.15) is 0 Å². The minimum absolute atomic E-state index is 0.396. The zero-order valence-electron chi connectivity index (χ0n) is 8.82. The molecule has 1 unspecified atom stereocenters. The van der Waals surface area contributed by atoms with E-state index in [9.17, 15) is 0 Å². The number of ether oxygens (including phenoxy) is 1. The minimum atomic E-state index is 0.396. The van der Waals surface area contributed by atoms with Crippen LogP contribution in [-0.4, -0.2) is 30.8 Å². The van der Waals surface area contributed by atoms with Crippen LogP contribution in [0, 0.1) is 0 Å². The molecule has 3 nitrogen and oxygen atoms in total. The first-order chi connectivity index (χ1) is 7.31. The Labute approximate surface area is 95.0 Å². The van der Waals surface area contributed by atoms with Crippen molar-refractivity contribution in [3.8, 4) is 0 Å². The molecule has 82 valence electrons. The lowest BCUT2D eigenvalue weighted by Crippen LogP contribution is -2.44. The maximum Gasteiger partial charge on any atom is 0.128 e. The molecule has 15 heavy (non-hydrogen) atoms. The van der Waals surface area contributed by atoms with Gasteiger partial charge in [-0.3, -0.25) is 0 Å². The van der Waals surface area contributed by atoms with Gasteiger partial charge >= 0.3 is 0 Å². The van der Waals surface area contributed by atoms with Crippen LogP contribution in [0.15, 0.2) is 18.3 Å². The van der Waals surface area contributed by atoms with E-state index in [-0.39, 0.29) is 0 Å². The van der Waals surface area contributed by atoms with Crippen LogP contribution in [0.2, 0.25) is 0 Å². The molecule has 2 rings (SSSR count). The van der Waals surface area contributed by atoms with Crippen LogP contribution in [0.1, 0.15) is 12.5 Å². The average molecular weight is 227 g/mol. The number of pyridine rings is 1. The molecule has 0 bridgehead atoms. The molecule has 2 heterocycles. The Morgan fingerprint density at radius 2 is 2.47 bits per heavy atom. The van der Waals surface area contributed by atoms with E-state index in [1.54, 1.807) is 0 Å². The number of morpholine rings is 1. The van der Waals surface area contributed by atoms with Crippen LogP contribution in [0.5, 0.6) is 0 Å². The quantitative estimate of drug-likeness (QED) is 0.722. The van der Waals surface area contributed by atoms with Crippen molar-refractivity contribution < 1.29 is 4.74 Å². The highest BCUT2D eigenvalue weighted by molar-refractivity contribution is 6.17. The summed E-state index contributed by atoms with van der Waals surface area (Å²) in [4.78, 5) is 6.67. The first-order valence-electron chi connectivity index (χ1n) is 5.16. The predicted octanol–water partition coefficient (Wildman–Crippen LogP) is 2.05. The fourth-order valence-corrected chi connectivity index (χ4v) is 1.89. The molecule has 1 fully saturated rings. The molecular weight excluding hydrogens is 212 g/mol. The smallest absolute Gasteiger partial charge is 0.128 e. The van der Waals surface area contributed by atoms with Crippen molar-refractivity contribution in [2.24, 2.45) is 0 Å². The SMILES string of the molecule is CC1COCCN1c1ccc(CCl)cn1. The summed E-state index contributed by atoms with van der Waals surface area (Å²) in [7, 11) is 0. The molecule has 1 aromatic heterocycles. The maximum atomic E-state index is 5.72. The van der Waals surface area contributed by atoms with Gasteiger partial charge in [0.25, 0.3) is 0 Å². The van der Waals surface area contributed by atoms with E-state index in [2.05, 4.69) is 16.8 Å². The van der Waals surface area contributed by atoms with Gasteiger partial charge in [-0.25, -0.2) is 4.98 Å². The molecule has 1 aliphatic rings. The van der Waals surface area contributed by atoms with Crippen molar-refractivity contribution in [3.05, 3.63) is 23.9 Å². The second-order valence-corrected chi connectivity index (χ2v) is 4.04. The summed E-state index contributed by atoms with van der Waals surface area (Å²) in [5, 5.41) is 0. The van der Waals surface area contributed by atoms with E-state index in [1.165, 1.54) is 0 Å². The Morgan fingerprint density at radius 1 is 1.60 bits per heavy atom. The lowest BCUT2D eigenvalue weighted by Gasteiger charge is -2.34. The average Bonchev–Trinajstić information content (AvgIpc) is 2.30. The van der Waals surface area contributed by atoms with Gasteiger partial charge in [-0.1, -0.05) is 6.07 Å². The van der Waals surface area contributed by atoms with E-state index < -0.39 is 0 Å². The summed E-state index contributed by atoms with van der Waals surface area (Å²) in [5.74, 6) is 1.53. The molecule has 0 saturated carbocycles. The number of halogens is 1. The van der Waals surface area contributed by atoms with E-state index in [4.69, 9.17) is 16.3 Å². The van der Waals surface area contributed by atoms with Crippen molar-refractivity contribution in [1.82, 2.24) is 4.98 Å².